The number of pyridine rings is 1. The van der Waals surface area contributed by atoms with Crippen molar-refractivity contribution in [1.82, 2.24) is 15.0 Å². The molecule has 0 aliphatic heterocycles. The molecule has 4 aromatic heterocycles. The largest absolute Gasteiger partial charge is 0.464 e. The van der Waals surface area contributed by atoms with Gasteiger partial charge in [0.25, 0.3) is 11.6 Å². The monoisotopic (exact) mass is 351 g/mol. The molecule has 0 bridgehead atoms. The molecule has 0 aromatic carbocycles. The Bertz CT molecular complexity index is 1080. The molecule has 0 atom stereocenters. The van der Waals surface area contributed by atoms with E-state index in [2.05, 4.69) is 10.1 Å². The van der Waals surface area contributed by atoms with E-state index in [4.69, 9.17) is 13.4 Å². The molecule has 0 aliphatic rings. The molecular weight excluding hydrogens is 334 g/mol. The summed E-state index contributed by atoms with van der Waals surface area (Å²) in [5.74, 6) is 1.91. The van der Waals surface area contributed by atoms with E-state index in [0.717, 1.165) is 11.5 Å². The standard InChI is InChI=1S/C19H17N3O4/c1-11-6-7-13(25-11)10-22(3)19(23)14-9-15(16-5-4-8-24-16)20-18-17(14)12(2)21-26-18/h4-9H,10H2,1-3H3. The Morgan fingerprint density at radius 2 is 2.08 bits per heavy atom. The highest BCUT2D eigenvalue weighted by atomic mass is 16.5. The highest BCUT2D eigenvalue weighted by Gasteiger charge is 2.23. The summed E-state index contributed by atoms with van der Waals surface area (Å²) in [7, 11) is 1.72. The van der Waals surface area contributed by atoms with Crippen LogP contribution >= 0.6 is 0 Å². The van der Waals surface area contributed by atoms with Crippen LogP contribution in [0, 0.1) is 13.8 Å². The lowest BCUT2D eigenvalue weighted by molar-refractivity contribution is 0.0777. The predicted octanol–water partition coefficient (Wildman–Crippen LogP) is 3.96. The fourth-order valence-electron chi connectivity index (χ4n) is 2.90. The van der Waals surface area contributed by atoms with E-state index in [1.807, 2.05) is 19.1 Å². The summed E-state index contributed by atoms with van der Waals surface area (Å²) in [6, 6.07) is 8.98. The molecule has 7 nitrogen and oxygen atoms in total. The van der Waals surface area contributed by atoms with E-state index in [9.17, 15) is 4.79 Å². The molecular formula is C19H17N3O4. The summed E-state index contributed by atoms with van der Waals surface area (Å²) in [6.07, 6.45) is 1.56. The average Bonchev–Trinajstić information content (AvgIpc) is 3.36. The van der Waals surface area contributed by atoms with Crippen molar-refractivity contribution in [2.75, 3.05) is 7.05 Å². The van der Waals surface area contributed by atoms with Gasteiger partial charge in [-0.2, -0.15) is 0 Å². The van der Waals surface area contributed by atoms with Crippen LogP contribution in [0.2, 0.25) is 0 Å². The number of hydrogen-bond donors (Lipinski definition) is 0. The molecule has 0 N–H and O–H groups in total. The number of fused-ring (bicyclic) bond motifs is 1. The molecule has 4 aromatic rings. The molecule has 0 unspecified atom stereocenters. The summed E-state index contributed by atoms with van der Waals surface area (Å²) >= 11 is 0. The van der Waals surface area contributed by atoms with Gasteiger partial charge >= 0.3 is 0 Å². The SMILES string of the molecule is Cc1ccc(CN(C)C(=O)c2cc(-c3ccco3)nc3onc(C)c23)o1. The third-order valence-corrected chi connectivity index (χ3v) is 4.16. The number of furan rings is 2. The maximum Gasteiger partial charge on any atom is 0.259 e. The lowest BCUT2D eigenvalue weighted by atomic mass is 10.1. The topological polar surface area (TPSA) is 85.5 Å². The van der Waals surface area contributed by atoms with Crippen LogP contribution in [0.5, 0.6) is 0 Å². The molecule has 0 saturated carbocycles. The molecule has 4 heterocycles. The van der Waals surface area contributed by atoms with E-state index in [1.54, 1.807) is 43.3 Å². The quantitative estimate of drug-likeness (QED) is 0.553. The molecule has 0 spiro atoms. The molecule has 4 rings (SSSR count). The highest BCUT2D eigenvalue weighted by Crippen LogP contribution is 2.28. The second kappa shape index (κ2) is 6.18. The van der Waals surface area contributed by atoms with Gasteiger partial charge in [0.2, 0.25) is 0 Å². The highest BCUT2D eigenvalue weighted by molar-refractivity contribution is 6.06. The number of carbonyl (C=O) groups excluding carboxylic acids is 1. The van der Waals surface area contributed by atoms with Crippen molar-refractivity contribution in [3.05, 3.63) is 59.4 Å². The summed E-state index contributed by atoms with van der Waals surface area (Å²) in [5, 5.41) is 4.55. The first-order chi connectivity index (χ1) is 12.5. The third-order valence-electron chi connectivity index (χ3n) is 4.16. The smallest absolute Gasteiger partial charge is 0.259 e. The van der Waals surface area contributed by atoms with Crippen molar-refractivity contribution in [3.63, 3.8) is 0 Å². The number of rotatable bonds is 4. The van der Waals surface area contributed by atoms with Crippen LogP contribution in [0.25, 0.3) is 22.6 Å². The minimum absolute atomic E-state index is 0.175. The van der Waals surface area contributed by atoms with Gasteiger partial charge in [0.1, 0.15) is 17.2 Å². The van der Waals surface area contributed by atoms with Crippen LogP contribution in [-0.2, 0) is 6.54 Å². The van der Waals surface area contributed by atoms with Crippen molar-refractivity contribution < 1.29 is 18.2 Å². The second-order valence-electron chi connectivity index (χ2n) is 6.15. The Morgan fingerprint density at radius 1 is 1.23 bits per heavy atom. The van der Waals surface area contributed by atoms with Gasteiger partial charge in [0.05, 0.1) is 29.5 Å². The lowest BCUT2D eigenvalue weighted by Crippen LogP contribution is -2.26. The number of nitrogens with zero attached hydrogens (tertiary/aromatic N) is 3. The zero-order chi connectivity index (χ0) is 18.3. The Morgan fingerprint density at radius 3 is 2.77 bits per heavy atom. The van der Waals surface area contributed by atoms with Crippen molar-refractivity contribution >= 4 is 17.0 Å². The van der Waals surface area contributed by atoms with Crippen molar-refractivity contribution in [3.8, 4) is 11.5 Å². The van der Waals surface area contributed by atoms with Crippen LogP contribution in [0.4, 0.5) is 0 Å². The number of amides is 1. The van der Waals surface area contributed by atoms with Gasteiger partial charge in [-0.15, -0.1) is 0 Å². The van der Waals surface area contributed by atoms with Crippen LogP contribution < -0.4 is 0 Å². The summed E-state index contributed by atoms with van der Waals surface area (Å²) < 4.78 is 16.3. The first-order valence-electron chi connectivity index (χ1n) is 8.14. The first-order valence-corrected chi connectivity index (χ1v) is 8.14. The number of aromatic nitrogens is 2. The van der Waals surface area contributed by atoms with Gasteiger partial charge in [-0.3, -0.25) is 4.79 Å². The van der Waals surface area contributed by atoms with Crippen LogP contribution in [0.3, 0.4) is 0 Å². The van der Waals surface area contributed by atoms with E-state index in [0.29, 0.717) is 40.4 Å². The maximum atomic E-state index is 13.1. The van der Waals surface area contributed by atoms with Crippen molar-refractivity contribution in [1.29, 1.82) is 0 Å². The Labute approximate surface area is 149 Å². The van der Waals surface area contributed by atoms with Gasteiger partial charge in [-0.1, -0.05) is 5.16 Å². The van der Waals surface area contributed by atoms with Gasteiger partial charge in [0.15, 0.2) is 5.76 Å². The minimum atomic E-state index is -0.175. The van der Waals surface area contributed by atoms with Crippen LogP contribution in [0.15, 0.2) is 50.0 Å². The molecule has 7 heteroatoms. The van der Waals surface area contributed by atoms with Crippen molar-refractivity contribution in [2.45, 2.75) is 20.4 Å². The normalized spacial score (nSPS) is 11.2. The molecule has 0 fully saturated rings. The van der Waals surface area contributed by atoms with E-state index >= 15 is 0 Å². The van der Waals surface area contributed by atoms with Gasteiger partial charge < -0.3 is 18.3 Å². The zero-order valence-corrected chi connectivity index (χ0v) is 14.6. The minimum Gasteiger partial charge on any atom is -0.464 e. The maximum absolute atomic E-state index is 13.1. The Kier molecular flexibility index (Phi) is 3.84. The molecule has 0 aliphatic carbocycles. The van der Waals surface area contributed by atoms with Gasteiger partial charge in [-0.05, 0) is 44.2 Å². The summed E-state index contributed by atoms with van der Waals surface area (Å²) in [6.45, 7) is 4.01. The van der Waals surface area contributed by atoms with Crippen LogP contribution in [-0.4, -0.2) is 28.0 Å². The Balaban J connectivity index is 1.76. The number of carbonyl (C=O) groups is 1. The fourth-order valence-corrected chi connectivity index (χ4v) is 2.90. The van der Waals surface area contributed by atoms with Crippen LogP contribution in [0.1, 0.15) is 27.6 Å². The molecule has 26 heavy (non-hydrogen) atoms. The van der Waals surface area contributed by atoms with E-state index in [1.165, 1.54) is 0 Å². The Hall–Kier alpha value is -3.35. The van der Waals surface area contributed by atoms with Gasteiger partial charge in [0, 0.05) is 7.05 Å². The molecule has 1 amide bonds. The molecule has 0 saturated heterocycles. The second-order valence-corrected chi connectivity index (χ2v) is 6.15. The summed E-state index contributed by atoms with van der Waals surface area (Å²) in [5.41, 5.74) is 1.90. The van der Waals surface area contributed by atoms with Gasteiger partial charge in [-0.25, -0.2) is 4.98 Å². The zero-order valence-electron chi connectivity index (χ0n) is 14.6. The van der Waals surface area contributed by atoms with E-state index < -0.39 is 0 Å². The van der Waals surface area contributed by atoms with E-state index in [-0.39, 0.29) is 5.91 Å². The lowest BCUT2D eigenvalue weighted by Gasteiger charge is -2.16. The molecule has 0 radical (unpaired) electrons. The average molecular weight is 351 g/mol. The predicted molar refractivity (Wildman–Crippen MR) is 93.5 cm³/mol. The molecule has 132 valence electrons. The van der Waals surface area contributed by atoms with Crippen molar-refractivity contribution in [2.24, 2.45) is 0 Å². The number of aryl methyl sites for hydroxylation is 2. The fraction of sp³-hybridized carbons (Fsp3) is 0.211. The first kappa shape index (κ1) is 16.1. The third kappa shape index (κ3) is 2.77. The number of hydrogen-bond acceptors (Lipinski definition) is 6. The summed E-state index contributed by atoms with van der Waals surface area (Å²) in [4.78, 5) is 19.1.